The number of carbonyl (C=O) groups is 1. The molecule has 2 N–H and O–H groups in total. The molecule has 62 valence electrons. The van der Waals surface area contributed by atoms with Crippen LogP contribution >= 0.6 is 12.4 Å². The SMILES string of the molecule is Cl.N#Cc1cccc(C(N)=O)n1. The van der Waals surface area contributed by atoms with Crippen molar-refractivity contribution in [2.24, 2.45) is 5.73 Å². The highest BCUT2D eigenvalue weighted by molar-refractivity contribution is 5.90. The molecule has 0 bridgehead atoms. The van der Waals surface area contributed by atoms with Gasteiger partial charge >= 0.3 is 0 Å². The molecular weight excluding hydrogens is 178 g/mol. The van der Waals surface area contributed by atoms with Crippen LogP contribution in [0, 0.1) is 11.3 Å². The molecule has 1 aromatic rings. The zero-order chi connectivity index (χ0) is 8.27. The number of carbonyl (C=O) groups excluding carboxylic acids is 1. The van der Waals surface area contributed by atoms with E-state index in [1.165, 1.54) is 12.1 Å². The second-order valence-corrected chi connectivity index (χ2v) is 1.88. The third kappa shape index (κ3) is 2.22. The average molecular weight is 184 g/mol. The predicted octanol–water partition coefficient (Wildman–Crippen LogP) is 0.474. The normalized spacial score (nSPS) is 7.92. The molecule has 0 unspecified atom stereocenters. The first-order valence-corrected chi connectivity index (χ1v) is 2.91. The van der Waals surface area contributed by atoms with Crippen LogP contribution in [-0.4, -0.2) is 10.9 Å². The average Bonchev–Trinajstić information content (AvgIpc) is 2.05. The Morgan fingerprint density at radius 1 is 1.58 bits per heavy atom. The third-order valence-corrected chi connectivity index (χ3v) is 1.12. The van der Waals surface area contributed by atoms with E-state index < -0.39 is 5.91 Å². The van der Waals surface area contributed by atoms with Crippen LogP contribution in [0.15, 0.2) is 18.2 Å². The maximum absolute atomic E-state index is 10.5. The quantitative estimate of drug-likeness (QED) is 0.688. The van der Waals surface area contributed by atoms with Gasteiger partial charge in [-0.3, -0.25) is 4.79 Å². The minimum Gasteiger partial charge on any atom is -0.364 e. The Kier molecular flexibility index (Phi) is 3.74. The summed E-state index contributed by atoms with van der Waals surface area (Å²) in [4.78, 5) is 14.2. The Bertz CT molecular complexity index is 332. The molecule has 1 rings (SSSR count). The van der Waals surface area contributed by atoms with Crippen LogP contribution in [0.1, 0.15) is 16.2 Å². The molecule has 0 aromatic carbocycles. The van der Waals surface area contributed by atoms with E-state index >= 15 is 0 Å². The Morgan fingerprint density at radius 3 is 2.75 bits per heavy atom. The summed E-state index contributed by atoms with van der Waals surface area (Å²) in [7, 11) is 0. The summed E-state index contributed by atoms with van der Waals surface area (Å²) in [5.41, 5.74) is 5.24. The first-order valence-electron chi connectivity index (χ1n) is 2.91. The molecule has 0 saturated carbocycles. The summed E-state index contributed by atoms with van der Waals surface area (Å²) in [5, 5.41) is 8.38. The van der Waals surface area contributed by atoms with Crippen LogP contribution in [0.3, 0.4) is 0 Å². The summed E-state index contributed by atoms with van der Waals surface area (Å²) < 4.78 is 0. The Morgan fingerprint density at radius 2 is 2.25 bits per heavy atom. The molecule has 0 fully saturated rings. The van der Waals surface area contributed by atoms with Gasteiger partial charge < -0.3 is 5.73 Å². The zero-order valence-electron chi connectivity index (χ0n) is 6.02. The number of halogens is 1. The van der Waals surface area contributed by atoms with E-state index in [2.05, 4.69) is 4.98 Å². The Balaban J connectivity index is 0.00000121. The van der Waals surface area contributed by atoms with Gasteiger partial charge in [0.1, 0.15) is 17.5 Å². The number of nitriles is 1. The van der Waals surface area contributed by atoms with Gasteiger partial charge in [-0.2, -0.15) is 5.26 Å². The van der Waals surface area contributed by atoms with Gasteiger partial charge in [0.05, 0.1) is 0 Å². The highest BCUT2D eigenvalue weighted by Crippen LogP contribution is 1.96. The van der Waals surface area contributed by atoms with Crippen molar-refractivity contribution < 1.29 is 4.79 Å². The lowest BCUT2D eigenvalue weighted by Crippen LogP contribution is -2.13. The standard InChI is InChI=1S/C7H5N3O.ClH/c8-4-5-2-1-3-6(10-5)7(9)11;/h1-3H,(H2,9,11);1H. The predicted molar refractivity (Wildman–Crippen MR) is 44.7 cm³/mol. The van der Waals surface area contributed by atoms with Crippen molar-refractivity contribution in [3.63, 3.8) is 0 Å². The van der Waals surface area contributed by atoms with Crippen LogP contribution in [0.4, 0.5) is 0 Å². The minimum atomic E-state index is -0.623. The summed E-state index contributed by atoms with van der Waals surface area (Å²) in [6.45, 7) is 0. The summed E-state index contributed by atoms with van der Waals surface area (Å²) in [5.74, 6) is -0.623. The number of aromatic nitrogens is 1. The summed E-state index contributed by atoms with van der Waals surface area (Å²) in [6, 6.07) is 6.33. The topological polar surface area (TPSA) is 79.8 Å². The number of nitrogens with zero attached hydrogens (tertiary/aromatic N) is 2. The van der Waals surface area contributed by atoms with Crippen molar-refractivity contribution in [1.82, 2.24) is 4.98 Å². The minimum absolute atomic E-state index is 0. The molecule has 0 atom stereocenters. The Hall–Kier alpha value is -1.60. The number of primary amides is 1. The van der Waals surface area contributed by atoms with Crippen LogP contribution in [0.5, 0.6) is 0 Å². The molecule has 0 saturated heterocycles. The largest absolute Gasteiger partial charge is 0.364 e. The van der Waals surface area contributed by atoms with Gasteiger partial charge in [-0.1, -0.05) is 6.07 Å². The van der Waals surface area contributed by atoms with Gasteiger partial charge in [-0.05, 0) is 12.1 Å². The first kappa shape index (κ1) is 10.4. The van der Waals surface area contributed by atoms with E-state index in [1.807, 2.05) is 0 Å². The number of amides is 1. The van der Waals surface area contributed by atoms with Crippen molar-refractivity contribution in [3.8, 4) is 6.07 Å². The van der Waals surface area contributed by atoms with Crippen molar-refractivity contribution in [2.75, 3.05) is 0 Å². The molecule has 12 heavy (non-hydrogen) atoms. The Labute approximate surface area is 75.4 Å². The van der Waals surface area contributed by atoms with Crippen molar-refractivity contribution >= 4 is 18.3 Å². The molecule has 1 aromatic heterocycles. The molecule has 0 aliphatic heterocycles. The fourth-order valence-electron chi connectivity index (χ4n) is 0.634. The highest BCUT2D eigenvalue weighted by atomic mass is 35.5. The maximum atomic E-state index is 10.5. The van der Waals surface area contributed by atoms with E-state index in [4.69, 9.17) is 11.0 Å². The lowest BCUT2D eigenvalue weighted by molar-refractivity contribution is 0.0995. The summed E-state index contributed by atoms with van der Waals surface area (Å²) in [6.07, 6.45) is 0. The van der Waals surface area contributed by atoms with Crippen LogP contribution in [-0.2, 0) is 0 Å². The lowest BCUT2D eigenvalue weighted by Gasteiger charge is -1.92. The lowest BCUT2D eigenvalue weighted by atomic mass is 10.3. The van der Waals surface area contributed by atoms with Gasteiger partial charge in [0.15, 0.2) is 0 Å². The number of rotatable bonds is 1. The smallest absolute Gasteiger partial charge is 0.267 e. The first-order chi connectivity index (χ1) is 5.24. The number of hydrogen-bond acceptors (Lipinski definition) is 3. The van der Waals surface area contributed by atoms with Gasteiger partial charge in [-0.15, -0.1) is 12.4 Å². The van der Waals surface area contributed by atoms with E-state index in [0.717, 1.165) is 0 Å². The number of pyridine rings is 1. The fraction of sp³-hybridized carbons (Fsp3) is 0. The highest BCUT2D eigenvalue weighted by Gasteiger charge is 2.00. The van der Waals surface area contributed by atoms with E-state index in [9.17, 15) is 4.79 Å². The fourth-order valence-corrected chi connectivity index (χ4v) is 0.634. The molecule has 0 spiro atoms. The monoisotopic (exact) mass is 183 g/mol. The van der Waals surface area contributed by atoms with Gasteiger partial charge in [0, 0.05) is 0 Å². The van der Waals surface area contributed by atoms with Crippen LogP contribution in [0.25, 0.3) is 0 Å². The van der Waals surface area contributed by atoms with Gasteiger partial charge in [0.2, 0.25) is 0 Å². The molecule has 5 heteroatoms. The zero-order valence-corrected chi connectivity index (χ0v) is 6.84. The molecule has 1 heterocycles. The second-order valence-electron chi connectivity index (χ2n) is 1.88. The molecule has 0 radical (unpaired) electrons. The van der Waals surface area contributed by atoms with Gasteiger partial charge in [0.25, 0.3) is 5.91 Å². The van der Waals surface area contributed by atoms with Crippen molar-refractivity contribution in [3.05, 3.63) is 29.6 Å². The second kappa shape index (κ2) is 4.31. The van der Waals surface area contributed by atoms with E-state index in [1.54, 1.807) is 12.1 Å². The molecule has 4 nitrogen and oxygen atoms in total. The molecule has 0 aliphatic rings. The third-order valence-electron chi connectivity index (χ3n) is 1.12. The van der Waals surface area contributed by atoms with Crippen LogP contribution in [0.2, 0.25) is 0 Å². The van der Waals surface area contributed by atoms with E-state index in [-0.39, 0.29) is 23.8 Å². The van der Waals surface area contributed by atoms with Gasteiger partial charge in [-0.25, -0.2) is 4.98 Å². The van der Waals surface area contributed by atoms with E-state index in [0.29, 0.717) is 0 Å². The number of nitrogens with two attached hydrogens (primary N) is 1. The van der Waals surface area contributed by atoms with Crippen molar-refractivity contribution in [1.29, 1.82) is 5.26 Å². The molecule has 0 aliphatic carbocycles. The van der Waals surface area contributed by atoms with Crippen LogP contribution < -0.4 is 5.73 Å². The number of hydrogen-bond donors (Lipinski definition) is 1. The summed E-state index contributed by atoms with van der Waals surface area (Å²) >= 11 is 0. The molecular formula is C7H6ClN3O. The van der Waals surface area contributed by atoms with Crippen molar-refractivity contribution in [2.45, 2.75) is 0 Å². The molecule has 1 amide bonds. The maximum Gasteiger partial charge on any atom is 0.267 e.